The molecule has 1 atom stereocenters. The summed E-state index contributed by atoms with van der Waals surface area (Å²) in [4.78, 5) is 15.7. The van der Waals surface area contributed by atoms with Crippen LogP contribution in [0.5, 0.6) is 0 Å². The fourth-order valence-electron chi connectivity index (χ4n) is 3.30. The van der Waals surface area contributed by atoms with Crippen molar-refractivity contribution in [2.24, 2.45) is 0 Å². The molecule has 0 aliphatic heterocycles. The SMILES string of the molecule is CC(C)=CCC/C(C)=C/CC/C(C)=C/CC/C(C)=C/CSCC(C=O)Nc1cc(C)ccn1.CO. The Balaban J connectivity index is 0.00000562. The summed E-state index contributed by atoms with van der Waals surface area (Å²) in [5.41, 5.74) is 6.93. The molecule has 5 heteroatoms. The molecule has 1 aromatic heterocycles. The van der Waals surface area contributed by atoms with E-state index in [2.05, 4.69) is 69.2 Å². The molecule has 0 aliphatic rings. The topological polar surface area (TPSA) is 62.2 Å². The number of aryl methyl sites for hydroxylation is 1. The number of nitrogens with one attached hydrogen (secondary N) is 1. The number of carbonyl (C=O) groups excluding carboxylic acids is 1. The monoisotopic (exact) mass is 500 g/mol. The number of aliphatic hydroxyl groups is 1. The molecule has 4 nitrogen and oxygen atoms in total. The molecule has 0 spiro atoms. The van der Waals surface area contributed by atoms with Crippen LogP contribution in [0.25, 0.3) is 0 Å². The third kappa shape index (κ3) is 18.8. The van der Waals surface area contributed by atoms with Gasteiger partial charge in [0.1, 0.15) is 12.1 Å². The lowest BCUT2D eigenvalue weighted by Gasteiger charge is -2.13. The van der Waals surface area contributed by atoms with Crippen molar-refractivity contribution in [3.8, 4) is 0 Å². The first-order chi connectivity index (χ1) is 16.8. The van der Waals surface area contributed by atoms with Gasteiger partial charge in [-0.3, -0.25) is 0 Å². The van der Waals surface area contributed by atoms with E-state index in [0.717, 1.165) is 68.4 Å². The Kier molecular flexibility index (Phi) is 19.9. The van der Waals surface area contributed by atoms with Crippen LogP contribution in [0.2, 0.25) is 0 Å². The van der Waals surface area contributed by atoms with Crippen molar-refractivity contribution < 1.29 is 9.90 Å². The van der Waals surface area contributed by atoms with Crippen molar-refractivity contribution in [3.63, 3.8) is 0 Å². The lowest BCUT2D eigenvalue weighted by molar-refractivity contribution is -0.108. The van der Waals surface area contributed by atoms with E-state index in [1.165, 1.54) is 28.7 Å². The summed E-state index contributed by atoms with van der Waals surface area (Å²) in [5.74, 6) is 2.43. The number of aldehydes is 1. The van der Waals surface area contributed by atoms with Crippen molar-refractivity contribution in [2.45, 2.75) is 86.1 Å². The number of aromatic nitrogens is 1. The molecule has 1 rings (SSSR count). The highest BCUT2D eigenvalue weighted by Crippen LogP contribution is 2.15. The van der Waals surface area contributed by atoms with Gasteiger partial charge in [0.15, 0.2) is 0 Å². The van der Waals surface area contributed by atoms with E-state index in [0.29, 0.717) is 0 Å². The summed E-state index contributed by atoms with van der Waals surface area (Å²) >= 11 is 1.77. The number of hydrogen-bond donors (Lipinski definition) is 2. The normalized spacial score (nSPS) is 13.0. The van der Waals surface area contributed by atoms with Crippen molar-refractivity contribution in [2.75, 3.05) is 23.9 Å². The second-order valence-electron chi connectivity index (χ2n) is 9.19. The number of thioether (sulfide) groups is 1. The van der Waals surface area contributed by atoms with E-state index < -0.39 is 0 Å². The van der Waals surface area contributed by atoms with Gasteiger partial charge >= 0.3 is 0 Å². The summed E-state index contributed by atoms with van der Waals surface area (Å²) in [6, 6.07) is 3.70. The Hall–Kier alpha value is -2.11. The summed E-state index contributed by atoms with van der Waals surface area (Å²) in [7, 11) is 1.00. The molecule has 0 saturated carbocycles. The van der Waals surface area contributed by atoms with E-state index in [9.17, 15) is 4.79 Å². The number of anilines is 1. The average Bonchev–Trinajstić information content (AvgIpc) is 2.82. The number of allylic oxidation sites excluding steroid dienone is 7. The van der Waals surface area contributed by atoms with Crippen LogP contribution in [-0.2, 0) is 4.79 Å². The van der Waals surface area contributed by atoms with Crippen LogP contribution in [0.15, 0.2) is 64.9 Å². The summed E-state index contributed by atoms with van der Waals surface area (Å²) in [6.45, 7) is 13.0. The summed E-state index contributed by atoms with van der Waals surface area (Å²) < 4.78 is 0. The van der Waals surface area contributed by atoms with E-state index >= 15 is 0 Å². The highest BCUT2D eigenvalue weighted by molar-refractivity contribution is 7.99. The minimum atomic E-state index is -0.214. The van der Waals surface area contributed by atoms with Crippen molar-refractivity contribution in [1.82, 2.24) is 4.98 Å². The predicted octanol–water partition coefficient (Wildman–Crippen LogP) is 7.86. The standard InChI is InChI=1S/C29H44N2OS.CH4O/c1-23(2)10-7-11-24(3)12-8-13-25(4)14-9-15-26(5)17-19-33-22-28(21-32)31-29-20-27(6)16-18-30-29;1-2/h10,12,14,16-18,20-21,28H,7-9,11,13,15,19,22H2,1-6H3,(H,30,31);2H,1H3/b24-12+,25-14+,26-17+;. The third-order valence-corrected chi connectivity index (χ3v) is 6.41. The van der Waals surface area contributed by atoms with Crippen LogP contribution in [0.1, 0.15) is 78.7 Å². The van der Waals surface area contributed by atoms with Crippen LogP contribution in [0.4, 0.5) is 5.82 Å². The van der Waals surface area contributed by atoms with Gasteiger partial charge in [0.2, 0.25) is 0 Å². The zero-order chi connectivity index (χ0) is 26.5. The van der Waals surface area contributed by atoms with Gasteiger partial charge in [-0.25, -0.2) is 4.98 Å². The number of rotatable bonds is 16. The largest absolute Gasteiger partial charge is 0.400 e. The smallest absolute Gasteiger partial charge is 0.143 e. The Morgan fingerprint density at radius 3 is 2.00 bits per heavy atom. The molecule has 0 aliphatic carbocycles. The van der Waals surface area contributed by atoms with Gasteiger partial charge in [0.25, 0.3) is 0 Å². The van der Waals surface area contributed by atoms with Crippen LogP contribution < -0.4 is 5.32 Å². The first-order valence-electron chi connectivity index (χ1n) is 12.6. The maximum atomic E-state index is 11.4. The Morgan fingerprint density at radius 2 is 1.49 bits per heavy atom. The summed E-state index contributed by atoms with van der Waals surface area (Å²) in [5, 5.41) is 10.2. The van der Waals surface area contributed by atoms with Crippen LogP contribution in [0.3, 0.4) is 0 Å². The second-order valence-corrected chi connectivity index (χ2v) is 10.3. The number of aliphatic hydroxyl groups excluding tert-OH is 1. The van der Waals surface area contributed by atoms with Gasteiger partial charge in [0.05, 0.1) is 6.04 Å². The maximum Gasteiger partial charge on any atom is 0.143 e. The van der Waals surface area contributed by atoms with Gasteiger partial charge in [-0.1, -0.05) is 46.6 Å². The molecule has 0 bridgehead atoms. The predicted molar refractivity (Wildman–Crippen MR) is 156 cm³/mol. The molecule has 0 radical (unpaired) electrons. The maximum absolute atomic E-state index is 11.4. The number of pyridine rings is 1. The lowest BCUT2D eigenvalue weighted by Crippen LogP contribution is -2.24. The molecule has 1 unspecified atom stereocenters. The molecular formula is C30H48N2O2S. The molecule has 2 N–H and O–H groups in total. The molecule has 0 amide bonds. The van der Waals surface area contributed by atoms with E-state index in [-0.39, 0.29) is 6.04 Å². The van der Waals surface area contributed by atoms with Gasteiger partial charge in [-0.15, -0.1) is 0 Å². The Bertz CT molecular complexity index is 837. The van der Waals surface area contributed by atoms with Crippen molar-refractivity contribution in [1.29, 1.82) is 0 Å². The van der Waals surface area contributed by atoms with Gasteiger partial charge in [0, 0.05) is 24.8 Å². The highest BCUT2D eigenvalue weighted by Gasteiger charge is 2.07. The molecule has 196 valence electrons. The molecule has 0 aromatic carbocycles. The fraction of sp³-hybridized carbons (Fsp3) is 0.533. The second kappa shape index (κ2) is 21.2. The quantitative estimate of drug-likeness (QED) is 0.137. The van der Waals surface area contributed by atoms with Gasteiger partial charge in [-0.05, 0) is 97.8 Å². The van der Waals surface area contributed by atoms with Gasteiger partial charge < -0.3 is 15.2 Å². The Morgan fingerprint density at radius 1 is 0.943 bits per heavy atom. The molecule has 1 heterocycles. The van der Waals surface area contributed by atoms with E-state index in [4.69, 9.17) is 5.11 Å². The number of carbonyl (C=O) groups is 1. The summed E-state index contributed by atoms with van der Waals surface area (Å²) in [6.07, 6.45) is 18.9. The highest BCUT2D eigenvalue weighted by atomic mass is 32.2. The number of hydrogen-bond acceptors (Lipinski definition) is 5. The zero-order valence-electron chi connectivity index (χ0n) is 23.1. The molecule has 0 saturated heterocycles. The van der Waals surface area contributed by atoms with E-state index in [1.54, 1.807) is 18.0 Å². The van der Waals surface area contributed by atoms with Crippen LogP contribution in [-0.4, -0.2) is 41.0 Å². The first kappa shape index (κ1) is 32.9. The Labute approximate surface area is 219 Å². The number of nitrogens with zero attached hydrogens (tertiary/aromatic N) is 1. The molecule has 1 aromatic rings. The molecular weight excluding hydrogens is 452 g/mol. The van der Waals surface area contributed by atoms with Crippen molar-refractivity contribution >= 4 is 23.9 Å². The minimum absolute atomic E-state index is 0.214. The first-order valence-corrected chi connectivity index (χ1v) is 13.7. The zero-order valence-corrected chi connectivity index (χ0v) is 23.9. The van der Waals surface area contributed by atoms with E-state index in [1.807, 2.05) is 19.1 Å². The molecule has 0 fully saturated rings. The van der Waals surface area contributed by atoms with Crippen molar-refractivity contribution in [3.05, 3.63) is 70.5 Å². The fourth-order valence-corrected chi connectivity index (χ4v) is 4.26. The third-order valence-electron chi connectivity index (χ3n) is 5.41. The lowest BCUT2D eigenvalue weighted by atomic mass is 10.0. The van der Waals surface area contributed by atoms with Crippen LogP contribution >= 0.6 is 11.8 Å². The average molecular weight is 501 g/mol. The molecule has 35 heavy (non-hydrogen) atoms. The minimum Gasteiger partial charge on any atom is -0.400 e. The van der Waals surface area contributed by atoms with Crippen LogP contribution in [0, 0.1) is 6.92 Å². The van der Waals surface area contributed by atoms with Gasteiger partial charge in [-0.2, -0.15) is 11.8 Å².